The number of carbonyl (C=O) groups excluding carboxylic acids is 2. The zero-order valence-corrected chi connectivity index (χ0v) is 18.4. The van der Waals surface area contributed by atoms with E-state index in [0.29, 0.717) is 13.1 Å². The van der Waals surface area contributed by atoms with E-state index in [4.69, 9.17) is 10.9 Å². The van der Waals surface area contributed by atoms with E-state index in [9.17, 15) is 22.8 Å². The van der Waals surface area contributed by atoms with Crippen LogP contribution in [0.3, 0.4) is 0 Å². The molecule has 1 saturated heterocycles. The zero-order valence-electron chi connectivity index (χ0n) is 18.4. The van der Waals surface area contributed by atoms with E-state index in [-0.39, 0.29) is 42.0 Å². The highest BCUT2D eigenvalue weighted by Gasteiger charge is 2.39. The Balaban J connectivity index is 1.59. The number of amides is 3. The summed E-state index contributed by atoms with van der Waals surface area (Å²) in [4.78, 5) is 32.2. The normalized spacial score (nSPS) is 19.2. The summed E-state index contributed by atoms with van der Waals surface area (Å²) in [6, 6.07) is 4.67. The van der Waals surface area contributed by atoms with E-state index < -0.39 is 18.7 Å². The Labute approximate surface area is 194 Å². The van der Waals surface area contributed by atoms with Crippen LogP contribution in [0.15, 0.2) is 34.4 Å². The van der Waals surface area contributed by atoms with Crippen LogP contribution in [0.5, 0.6) is 5.75 Å². The summed E-state index contributed by atoms with van der Waals surface area (Å²) in [5.41, 5.74) is 0.386. The maximum absolute atomic E-state index is 12.9. The number of urea groups is 1. The minimum absolute atomic E-state index is 0.0488. The summed E-state index contributed by atoms with van der Waals surface area (Å²) in [6.45, 7) is 0.292. The number of carbonyl (C=O) groups is 2. The van der Waals surface area contributed by atoms with Gasteiger partial charge in [-0.2, -0.15) is 5.10 Å². The second-order valence-electron chi connectivity index (χ2n) is 8.01. The van der Waals surface area contributed by atoms with Crippen molar-refractivity contribution in [2.24, 2.45) is 15.9 Å². The van der Waals surface area contributed by atoms with Gasteiger partial charge >= 0.3 is 12.4 Å². The smallest absolute Gasteiger partial charge is 0.406 e. The van der Waals surface area contributed by atoms with Gasteiger partial charge in [-0.05, 0) is 37.8 Å². The van der Waals surface area contributed by atoms with E-state index in [0.717, 1.165) is 37.8 Å². The molecule has 34 heavy (non-hydrogen) atoms. The quantitative estimate of drug-likeness (QED) is 0.294. The molecule has 1 aromatic carbocycles. The van der Waals surface area contributed by atoms with Crippen molar-refractivity contribution >= 4 is 29.6 Å². The number of ether oxygens (including phenoxy) is 1. The van der Waals surface area contributed by atoms with Crippen molar-refractivity contribution < 1.29 is 32.6 Å². The molecule has 186 valence electrons. The molecule has 1 aromatic rings. The molecule has 1 heterocycles. The van der Waals surface area contributed by atoms with Gasteiger partial charge in [-0.15, -0.1) is 13.2 Å². The SMILES string of the molecule is NN=C(C=Nc1cccc(OC(F)(F)F)c1)CNC(=O)N(C1CC1)[C@@H]1CCCN(C(=O)CO)C1. The molecule has 2 aliphatic rings. The lowest BCUT2D eigenvalue weighted by Crippen LogP contribution is -2.55. The summed E-state index contributed by atoms with van der Waals surface area (Å²) in [7, 11) is 0. The Hall–Kier alpha value is -3.35. The van der Waals surface area contributed by atoms with Crippen LogP contribution in [0.2, 0.25) is 0 Å². The summed E-state index contributed by atoms with van der Waals surface area (Å²) < 4.78 is 41.0. The third-order valence-corrected chi connectivity index (χ3v) is 5.45. The molecule has 1 aliphatic carbocycles. The van der Waals surface area contributed by atoms with E-state index in [1.165, 1.54) is 18.3 Å². The zero-order chi connectivity index (χ0) is 24.7. The molecule has 4 N–H and O–H groups in total. The van der Waals surface area contributed by atoms with Gasteiger partial charge in [0.1, 0.15) is 12.4 Å². The standard InChI is InChI=1S/C21H27F3N6O4/c22-21(23,24)34-18-5-1-3-14(9-18)26-10-15(28-25)11-27-20(33)30(16-6-7-16)17-4-2-8-29(12-17)19(32)13-31/h1,3,5,9-10,16-17,31H,2,4,6-8,11-13,25H2,(H,27,33)/t17-/m1/s1. The number of benzene rings is 1. The number of nitrogens with zero attached hydrogens (tertiary/aromatic N) is 4. The second-order valence-corrected chi connectivity index (χ2v) is 8.01. The number of hydrazone groups is 1. The van der Waals surface area contributed by atoms with Crippen LogP contribution in [0.4, 0.5) is 23.7 Å². The number of aliphatic hydroxyl groups is 1. The fraction of sp³-hybridized carbons (Fsp3) is 0.524. The molecule has 3 rings (SSSR count). The third-order valence-electron chi connectivity index (χ3n) is 5.45. The Kier molecular flexibility index (Phi) is 8.31. The Morgan fingerprint density at radius 3 is 2.71 bits per heavy atom. The molecule has 10 nitrogen and oxygen atoms in total. The predicted molar refractivity (Wildman–Crippen MR) is 118 cm³/mol. The highest BCUT2D eigenvalue weighted by atomic mass is 19.4. The van der Waals surface area contributed by atoms with E-state index in [2.05, 4.69) is 20.1 Å². The number of hydrogen-bond acceptors (Lipinski definition) is 7. The minimum atomic E-state index is -4.81. The van der Waals surface area contributed by atoms with Crippen LogP contribution in [-0.2, 0) is 4.79 Å². The average molecular weight is 484 g/mol. The molecule has 0 unspecified atom stereocenters. The summed E-state index contributed by atoms with van der Waals surface area (Å²) in [5.74, 6) is 4.61. The van der Waals surface area contributed by atoms with Gasteiger partial charge in [0.2, 0.25) is 5.91 Å². The number of hydrogen-bond donors (Lipinski definition) is 3. The minimum Gasteiger partial charge on any atom is -0.406 e. The van der Waals surface area contributed by atoms with Crippen molar-refractivity contribution in [1.82, 2.24) is 15.1 Å². The van der Waals surface area contributed by atoms with Crippen molar-refractivity contribution in [2.75, 3.05) is 26.2 Å². The van der Waals surface area contributed by atoms with E-state index in [1.54, 1.807) is 9.80 Å². The fourth-order valence-corrected chi connectivity index (χ4v) is 3.78. The first-order valence-corrected chi connectivity index (χ1v) is 10.8. The third kappa shape index (κ3) is 7.33. The first-order valence-electron chi connectivity index (χ1n) is 10.8. The summed E-state index contributed by atoms with van der Waals surface area (Å²) in [6.07, 6.45) is -0.358. The van der Waals surface area contributed by atoms with Crippen LogP contribution in [0.25, 0.3) is 0 Å². The van der Waals surface area contributed by atoms with Crippen molar-refractivity contribution in [3.05, 3.63) is 24.3 Å². The van der Waals surface area contributed by atoms with Crippen molar-refractivity contribution in [3.8, 4) is 5.75 Å². The molecule has 2 fully saturated rings. The topological polar surface area (TPSA) is 133 Å². The monoisotopic (exact) mass is 484 g/mol. The molecule has 1 saturated carbocycles. The maximum atomic E-state index is 12.9. The fourth-order valence-electron chi connectivity index (χ4n) is 3.78. The first kappa shape index (κ1) is 25.3. The number of nitrogens with two attached hydrogens (primary N) is 1. The number of aliphatic hydroxyl groups excluding tert-OH is 1. The van der Waals surface area contributed by atoms with Crippen LogP contribution in [0.1, 0.15) is 25.7 Å². The second kappa shape index (κ2) is 11.2. The van der Waals surface area contributed by atoms with Gasteiger partial charge in [0.05, 0.1) is 30.2 Å². The molecule has 13 heteroatoms. The first-order chi connectivity index (χ1) is 16.2. The van der Waals surface area contributed by atoms with Gasteiger partial charge < -0.3 is 30.8 Å². The van der Waals surface area contributed by atoms with Crippen LogP contribution < -0.4 is 15.9 Å². The lowest BCUT2D eigenvalue weighted by atomic mass is 10.0. The van der Waals surface area contributed by atoms with Crippen molar-refractivity contribution in [1.29, 1.82) is 0 Å². The number of aliphatic imine (C=N–C) groups is 1. The van der Waals surface area contributed by atoms with Gasteiger partial charge in [0, 0.05) is 25.2 Å². The van der Waals surface area contributed by atoms with Crippen molar-refractivity contribution in [2.45, 2.75) is 44.1 Å². The van der Waals surface area contributed by atoms with Gasteiger partial charge in [-0.3, -0.25) is 9.79 Å². The molecule has 1 aliphatic heterocycles. The Morgan fingerprint density at radius 2 is 2.06 bits per heavy atom. The van der Waals surface area contributed by atoms with Gasteiger partial charge in [-0.1, -0.05) is 6.07 Å². The van der Waals surface area contributed by atoms with Gasteiger partial charge in [-0.25, -0.2) is 4.79 Å². The summed E-state index contributed by atoms with van der Waals surface area (Å²) in [5, 5.41) is 15.5. The lowest BCUT2D eigenvalue weighted by molar-refractivity contribution is -0.274. The molecular weight excluding hydrogens is 457 g/mol. The van der Waals surface area contributed by atoms with Crippen molar-refractivity contribution in [3.63, 3.8) is 0 Å². The summed E-state index contributed by atoms with van der Waals surface area (Å²) >= 11 is 0. The average Bonchev–Trinajstić information content (AvgIpc) is 3.63. The van der Waals surface area contributed by atoms with E-state index in [1.807, 2.05) is 0 Å². The highest BCUT2D eigenvalue weighted by molar-refractivity contribution is 6.32. The number of alkyl halides is 3. The van der Waals surface area contributed by atoms with Crippen LogP contribution >= 0.6 is 0 Å². The molecule has 0 aromatic heterocycles. The largest absolute Gasteiger partial charge is 0.573 e. The van der Waals surface area contributed by atoms with Gasteiger partial charge in [0.15, 0.2) is 0 Å². The number of likely N-dealkylation sites (tertiary alicyclic amines) is 1. The molecular formula is C21H27F3N6O4. The molecule has 0 bridgehead atoms. The van der Waals surface area contributed by atoms with Gasteiger partial charge in [0.25, 0.3) is 0 Å². The highest BCUT2D eigenvalue weighted by Crippen LogP contribution is 2.31. The van der Waals surface area contributed by atoms with Crippen LogP contribution in [0, 0.1) is 0 Å². The van der Waals surface area contributed by atoms with E-state index >= 15 is 0 Å². The van der Waals surface area contributed by atoms with Crippen LogP contribution in [-0.4, -0.2) is 83.5 Å². The molecule has 1 atom stereocenters. The number of rotatable bonds is 8. The number of nitrogens with one attached hydrogen (secondary N) is 1. The predicted octanol–water partition coefficient (Wildman–Crippen LogP) is 1.76. The Morgan fingerprint density at radius 1 is 1.29 bits per heavy atom. The Bertz CT molecular complexity index is 935. The number of halogens is 3. The molecule has 0 radical (unpaired) electrons. The maximum Gasteiger partial charge on any atom is 0.573 e. The lowest BCUT2D eigenvalue weighted by Gasteiger charge is -2.39. The molecule has 3 amide bonds. The number of piperidine rings is 1. The molecule has 0 spiro atoms.